The van der Waals surface area contributed by atoms with E-state index in [0.717, 1.165) is 30.6 Å². The molecule has 1 spiro atoms. The summed E-state index contributed by atoms with van der Waals surface area (Å²) in [7, 11) is 3.80. The van der Waals surface area contributed by atoms with E-state index in [2.05, 4.69) is 6.92 Å². The number of carbonyl (C=O) groups excluding carboxylic acids is 2. The maximum atomic E-state index is 11.9. The summed E-state index contributed by atoms with van der Waals surface area (Å²) in [6.07, 6.45) is 3.83. The lowest BCUT2D eigenvalue weighted by molar-refractivity contribution is -0.134. The van der Waals surface area contributed by atoms with E-state index in [-0.39, 0.29) is 6.61 Å². The van der Waals surface area contributed by atoms with Crippen molar-refractivity contribution in [2.75, 3.05) is 33.8 Å². The van der Waals surface area contributed by atoms with Crippen molar-refractivity contribution >= 4 is 24.1 Å². The van der Waals surface area contributed by atoms with Crippen molar-refractivity contribution in [3.63, 3.8) is 0 Å². The number of aliphatic carboxylic acids is 2. The SMILES string of the molecule is C[C@H]1CCCC2(C1)CN(C(=O)OCCN(C)C)C(=O)O2.O=C(O)/C=C/C(=O)O. The average molecular weight is 400 g/mol. The Labute approximate surface area is 163 Å². The Morgan fingerprint density at radius 3 is 2.39 bits per heavy atom. The summed E-state index contributed by atoms with van der Waals surface area (Å²) in [5, 5.41) is 15.6. The van der Waals surface area contributed by atoms with Gasteiger partial charge in [-0.05, 0) is 39.3 Å². The number of rotatable bonds is 5. The fourth-order valence-corrected chi connectivity index (χ4v) is 3.15. The smallest absolute Gasteiger partial charge is 0.420 e. The average Bonchev–Trinajstić information content (AvgIpc) is 2.88. The van der Waals surface area contributed by atoms with Crippen molar-refractivity contribution in [2.45, 2.75) is 38.2 Å². The molecule has 0 bridgehead atoms. The molecule has 1 unspecified atom stereocenters. The third-order valence-electron chi connectivity index (χ3n) is 4.37. The lowest BCUT2D eigenvalue weighted by Gasteiger charge is -2.34. The van der Waals surface area contributed by atoms with Crippen LogP contribution < -0.4 is 0 Å². The summed E-state index contributed by atoms with van der Waals surface area (Å²) in [6.45, 7) is 3.40. The molecule has 10 heteroatoms. The third kappa shape index (κ3) is 7.95. The minimum Gasteiger partial charge on any atom is -0.478 e. The molecule has 1 saturated carbocycles. The molecule has 1 aliphatic heterocycles. The molecule has 158 valence electrons. The van der Waals surface area contributed by atoms with Gasteiger partial charge in [-0.15, -0.1) is 0 Å². The fourth-order valence-electron chi connectivity index (χ4n) is 3.15. The normalized spacial score (nSPS) is 24.1. The van der Waals surface area contributed by atoms with Gasteiger partial charge in [0.05, 0.1) is 6.54 Å². The van der Waals surface area contributed by atoms with Crippen LogP contribution in [0.3, 0.4) is 0 Å². The van der Waals surface area contributed by atoms with E-state index in [0.29, 0.717) is 31.2 Å². The number of carboxylic acid groups (broad SMARTS) is 2. The molecule has 28 heavy (non-hydrogen) atoms. The number of amides is 2. The molecular formula is C18H28N2O8. The number of hydrogen-bond acceptors (Lipinski definition) is 7. The van der Waals surface area contributed by atoms with Gasteiger partial charge in [-0.3, -0.25) is 0 Å². The van der Waals surface area contributed by atoms with Crippen LogP contribution in [0, 0.1) is 5.92 Å². The van der Waals surface area contributed by atoms with Gasteiger partial charge in [0.2, 0.25) is 0 Å². The first-order valence-electron chi connectivity index (χ1n) is 9.00. The number of ether oxygens (including phenoxy) is 2. The largest absolute Gasteiger partial charge is 0.478 e. The molecule has 2 aliphatic rings. The molecule has 0 aromatic carbocycles. The van der Waals surface area contributed by atoms with Gasteiger partial charge in [-0.1, -0.05) is 13.3 Å². The Morgan fingerprint density at radius 2 is 1.89 bits per heavy atom. The van der Waals surface area contributed by atoms with E-state index in [1.807, 2.05) is 19.0 Å². The van der Waals surface area contributed by atoms with E-state index in [1.54, 1.807) is 0 Å². The Bertz CT molecular complexity index is 603. The molecule has 2 N–H and O–H groups in total. The fraction of sp³-hybridized carbons (Fsp3) is 0.667. The van der Waals surface area contributed by atoms with Crippen molar-refractivity contribution in [1.29, 1.82) is 0 Å². The maximum Gasteiger partial charge on any atom is 0.420 e. The van der Waals surface area contributed by atoms with Crippen molar-refractivity contribution in [3.8, 4) is 0 Å². The van der Waals surface area contributed by atoms with Gasteiger partial charge >= 0.3 is 24.1 Å². The van der Waals surface area contributed by atoms with Gasteiger partial charge in [0.25, 0.3) is 0 Å². The summed E-state index contributed by atoms with van der Waals surface area (Å²) >= 11 is 0. The van der Waals surface area contributed by atoms with E-state index in [4.69, 9.17) is 19.7 Å². The Morgan fingerprint density at radius 1 is 1.29 bits per heavy atom. The van der Waals surface area contributed by atoms with Crippen LogP contribution in [0.4, 0.5) is 9.59 Å². The van der Waals surface area contributed by atoms with Gasteiger partial charge in [0, 0.05) is 18.7 Å². The van der Waals surface area contributed by atoms with Crippen LogP contribution in [0.2, 0.25) is 0 Å². The minimum atomic E-state index is -1.26. The Balaban J connectivity index is 0.000000416. The second-order valence-corrected chi connectivity index (χ2v) is 7.27. The zero-order valence-corrected chi connectivity index (χ0v) is 16.4. The van der Waals surface area contributed by atoms with Crippen molar-refractivity contribution in [3.05, 3.63) is 12.2 Å². The zero-order chi connectivity index (χ0) is 21.3. The number of carbonyl (C=O) groups is 4. The molecule has 2 fully saturated rings. The predicted octanol–water partition coefficient (Wildman–Crippen LogP) is 1.80. The van der Waals surface area contributed by atoms with Gasteiger partial charge < -0.3 is 24.6 Å². The van der Waals surface area contributed by atoms with Crippen LogP contribution in [0.1, 0.15) is 32.6 Å². The molecule has 10 nitrogen and oxygen atoms in total. The highest BCUT2D eigenvalue weighted by Gasteiger charge is 2.49. The lowest BCUT2D eigenvalue weighted by atomic mass is 9.79. The second-order valence-electron chi connectivity index (χ2n) is 7.27. The number of hydrogen-bond donors (Lipinski definition) is 2. The predicted molar refractivity (Wildman–Crippen MR) is 97.9 cm³/mol. The van der Waals surface area contributed by atoms with Crippen LogP contribution in [-0.2, 0) is 19.1 Å². The number of imide groups is 1. The van der Waals surface area contributed by atoms with Crippen LogP contribution in [0.25, 0.3) is 0 Å². The van der Waals surface area contributed by atoms with Gasteiger partial charge in [0.1, 0.15) is 12.2 Å². The van der Waals surface area contributed by atoms with Gasteiger partial charge in [-0.25, -0.2) is 24.1 Å². The molecule has 2 rings (SSSR count). The van der Waals surface area contributed by atoms with Crippen LogP contribution >= 0.6 is 0 Å². The van der Waals surface area contributed by atoms with Crippen molar-refractivity contribution < 1.29 is 38.9 Å². The number of likely N-dealkylation sites (N-methyl/N-ethyl adjacent to an activating group) is 1. The standard InChI is InChI=1S/C14H24N2O4.C4H4O4/c1-11-5-4-6-14(9-11)10-16(13(18)20-14)12(17)19-8-7-15(2)3;5-3(6)1-2-4(7)8/h11H,4-10H2,1-3H3;1-2H,(H,5,6)(H,7,8)/b;2-1+/t11-,14?;/m0./s1. The first-order valence-corrected chi connectivity index (χ1v) is 9.00. The van der Waals surface area contributed by atoms with Gasteiger partial charge in [0.15, 0.2) is 0 Å². The highest BCUT2D eigenvalue weighted by Crippen LogP contribution is 2.39. The molecule has 1 saturated heterocycles. The molecule has 2 atom stereocenters. The summed E-state index contributed by atoms with van der Waals surface area (Å²) in [5.41, 5.74) is -0.477. The number of carboxylic acids is 2. The van der Waals surface area contributed by atoms with Gasteiger partial charge in [-0.2, -0.15) is 0 Å². The quantitative estimate of drug-likeness (QED) is 0.662. The van der Waals surface area contributed by atoms with E-state index in [1.165, 1.54) is 0 Å². The zero-order valence-electron chi connectivity index (χ0n) is 16.4. The topological polar surface area (TPSA) is 134 Å². The third-order valence-corrected chi connectivity index (χ3v) is 4.37. The van der Waals surface area contributed by atoms with Crippen LogP contribution in [0.15, 0.2) is 12.2 Å². The highest BCUT2D eigenvalue weighted by molar-refractivity contribution is 5.90. The van der Waals surface area contributed by atoms with Crippen molar-refractivity contribution in [2.24, 2.45) is 5.92 Å². The Hall–Kier alpha value is -2.62. The molecule has 0 radical (unpaired) electrons. The molecule has 1 heterocycles. The molecular weight excluding hydrogens is 372 g/mol. The second kappa shape index (κ2) is 10.6. The van der Waals surface area contributed by atoms with Crippen LogP contribution in [-0.4, -0.2) is 83.5 Å². The molecule has 0 aromatic heterocycles. The van der Waals surface area contributed by atoms with E-state index in [9.17, 15) is 19.2 Å². The van der Waals surface area contributed by atoms with E-state index >= 15 is 0 Å². The molecule has 1 aliphatic carbocycles. The Kier molecular flexibility index (Phi) is 8.90. The van der Waals surface area contributed by atoms with E-state index < -0.39 is 29.7 Å². The van der Waals surface area contributed by atoms with Crippen LogP contribution in [0.5, 0.6) is 0 Å². The summed E-state index contributed by atoms with van der Waals surface area (Å²) < 4.78 is 10.6. The maximum absolute atomic E-state index is 11.9. The summed E-state index contributed by atoms with van der Waals surface area (Å²) in [4.78, 5) is 45.9. The molecule has 0 aromatic rings. The molecule has 2 amide bonds. The lowest BCUT2D eigenvalue weighted by Crippen LogP contribution is -2.40. The van der Waals surface area contributed by atoms with Crippen molar-refractivity contribution in [1.82, 2.24) is 9.80 Å². The minimum absolute atomic E-state index is 0.277. The first kappa shape index (κ1) is 23.4. The highest BCUT2D eigenvalue weighted by atomic mass is 16.6. The summed E-state index contributed by atoms with van der Waals surface area (Å²) in [6, 6.07) is 0. The summed E-state index contributed by atoms with van der Waals surface area (Å²) in [5.74, 6) is -1.99. The monoisotopic (exact) mass is 400 g/mol. The number of nitrogens with zero attached hydrogens (tertiary/aromatic N) is 2. The first-order chi connectivity index (χ1) is 13.0.